The average molecular weight is 412 g/mol. The van der Waals surface area contributed by atoms with E-state index in [0.717, 1.165) is 11.3 Å². The van der Waals surface area contributed by atoms with Gasteiger partial charge in [0.15, 0.2) is 0 Å². The second-order valence-electron chi connectivity index (χ2n) is 6.66. The number of hydrogen-bond acceptors (Lipinski definition) is 6. The van der Waals surface area contributed by atoms with Gasteiger partial charge in [-0.05, 0) is 48.9 Å². The second-order valence-corrected chi connectivity index (χ2v) is 7.61. The van der Waals surface area contributed by atoms with E-state index in [0.29, 0.717) is 24.1 Å². The first kappa shape index (κ1) is 20.9. The molecule has 152 valence electrons. The number of carbonyl (C=O) groups excluding carboxylic acids is 1. The molecule has 0 radical (unpaired) electrons. The molecule has 29 heavy (non-hydrogen) atoms. The van der Waals surface area contributed by atoms with Crippen LogP contribution in [0.2, 0.25) is 0 Å². The van der Waals surface area contributed by atoms with Crippen molar-refractivity contribution >= 4 is 17.7 Å². The van der Waals surface area contributed by atoms with E-state index in [4.69, 9.17) is 4.74 Å². The van der Waals surface area contributed by atoms with Gasteiger partial charge in [0.1, 0.15) is 11.4 Å². The van der Waals surface area contributed by atoms with E-state index in [-0.39, 0.29) is 17.7 Å². The highest BCUT2D eigenvalue weighted by molar-refractivity contribution is 7.99. The Bertz CT molecular complexity index is 930. The van der Waals surface area contributed by atoms with E-state index in [2.05, 4.69) is 15.5 Å². The summed E-state index contributed by atoms with van der Waals surface area (Å²) in [5.74, 6) is 0.993. The standard InChI is InChI=1S/C21H25N5O2S/c1-4-28-19-13-9-8-12-18(19)26-21(22-23-24-26)29-15-20(27)25(16(2)3)14-17-10-6-5-7-11-17/h5-13,16H,4,14-15H2,1-3H3. The minimum atomic E-state index is 0.0431. The topological polar surface area (TPSA) is 73.1 Å². The quantitative estimate of drug-likeness (QED) is 0.501. The maximum atomic E-state index is 12.9. The number of benzene rings is 2. The van der Waals surface area contributed by atoms with Gasteiger partial charge in [-0.3, -0.25) is 4.79 Å². The van der Waals surface area contributed by atoms with E-state index in [1.54, 1.807) is 4.68 Å². The van der Waals surface area contributed by atoms with E-state index < -0.39 is 0 Å². The molecule has 0 saturated carbocycles. The molecule has 3 rings (SSSR count). The molecular weight excluding hydrogens is 386 g/mol. The maximum Gasteiger partial charge on any atom is 0.233 e. The molecule has 0 spiro atoms. The third kappa shape index (κ3) is 5.35. The van der Waals surface area contributed by atoms with Gasteiger partial charge in [-0.2, -0.15) is 4.68 Å². The van der Waals surface area contributed by atoms with Crippen LogP contribution in [0.25, 0.3) is 5.69 Å². The number of carbonyl (C=O) groups is 1. The number of amides is 1. The van der Waals surface area contributed by atoms with Crippen LogP contribution in [0.5, 0.6) is 5.75 Å². The SMILES string of the molecule is CCOc1ccccc1-n1nnnc1SCC(=O)N(Cc1ccccc1)C(C)C. The predicted octanol–water partition coefficient (Wildman–Crippen LogP) is 3.59. The smallest absolute Gasteiger partial charge is 0.233 e. The summed E-state index contributed by atoms with van der Waals surface area (Å²) in [6.07, 6.45) is 0. The summed E-state index contributed by atoms with van der Waals surface area (Å²) >= 11 is 1.32. The number of rotatable bonds is 9. The van der Waals surface area contributed by atoms with Crippen molar-refractivity contribution in [3.8, 4) is 11.4 Å². The van der Waals surface area contributed by atoms with Gasteiger partial charge in [-0.1, -0.05) is 54.2 Å². The molecule has 0 aliphatic rings. The Hall–Kier alpha value is -2.87. The lowest BCUT2D eigenvalue weighted by atomic mass is 10.2. The number of para-hydroxylation sites is 2. The van der Waals surface area contributed by atoms with Gasteiger partial charge in [0, 0.05) is 12.6 Å². The molecule has 7 nitrogen and oxygen atoms in total. The zero-order valence-corrected chi connectivity index (χ0v) is 17.7. The largest absolute Gasteiger partial charge is 0.492 e. The van der Waals surface area contributed by atoms with Crippen LogP contribution in [0.4, 0.5) is 0 Å². The van der Waals surface area contributed by atoms with Crippen molar-refractivity contribution in [2.45, 2.75) is 38.5 Å². The molecule has 0 aliphatic carbocycles. The van der Waals surface area contributed by atoms with Crippen LogP contribution in [0, 0.1) is 0 Å². The fourth-order valence-corrected chi connectivity index (χ4v) is 3.65. The average Bonchev–Trinajstić information content (AvgIpc) is 3.20. The van der Waals surface area contributed by atoms with Crippen LogP contribution < -0.4 is 4.74 Å². The zero-order chi connectivity index (χ0) is 20.6. The molecule has 0 fully saturated rings. The lowest BCUT2D eigenvalue weighted by Gasteiger charge is -2.26. The van der Waals surface area contributed by atoms with Gasteiger partial charge in [-0.25, -0.2) is 0 Å². The first-order valence-corrected chi connectivity index (χ1v) is 10.6. The summed E-state index contributed by atoms with van der Waals surface area (Å²) in [7, 11) is 0. The van der Waals surface area contributed by atoms with Crippen molar-refractivity contribution in [2.75, 3.05) is 12.4 Å². The monoisotopic (exact) mass is 411 g/mol. The molecule has 0 unspecified atom stereocenters. The Morgan fingerprint density at radius 3 is 2.59 bits per heavy atom. The molecule has 0 atom stereocenters. The fraction of sp³-hybridized carbons (Fsp3) is 0.333. The molecule has 2 aromatic carbocycles. The number of ether oxygens (including phenoxy) is 1. The highest BCUT2D eigenvalue weighted by atomic mass is 32.2. The fourth-order valence-electron chi connectivity index (χ4n) is 2.88. The van der Waals surface area contributed by atoms with Crippen molar-refractivity contribution in [2.24, 2.45) is 0 Å². The highest BCUT2D eigenvalue weighted by Crippen LogP contribution is 2.26. The van der Waals surface area contributed by atoms with Crippen LogP contribution in [-0.2, 0) is 11.3 Å². The second kappa shape index (κ2) is 10.1. The Labute approximate surface area is 175 Å². The third-order valence-electron chi connectivity index (χ3n) is 4.30. The number of tetrazole rings is 1. The van der Waals surface area contributed by atoms with Gasteiger partial charge < -0.3 is 9.64 Å². The van der Waals surface area contributed by atoms with Crippen molar-refractivity contribution in [3.05, 3.63) is 60.2 Å². The van der Waals surface area contributed by atoms with Crippen LogP contribution in [0.1, 0.15) is 26.3 Å². The molecule has 0 bridgehead atoms. The molecular formula is C21H25N5O2S. The van der Waals surface area contributed by atoms with E-state index in [1.165, 1.54) is 11.8 Å². The molecule has 3 aromatic rings. The summed E-state index contributed by atoms with van der Waals surface area (Å²) < 4.78 is 7.29. The summed E-state index contributed by atoms with van der Waals surface area (Å²) in [4.78, 5) is 14.8. The minimum absolute atomic E-state index is 0.0431. The van der Waals surface area contributed by atoms with Crippen molar-refractivity contribution in [3.63, 3.8) is 0 Å². The lowest BCUT2D eigenvalue weighted by molar-refractivity contribution is -0.130. The first-order chi connectivity index (χ1) is 14.1. The molecule has 1 aromatic heterocycles. The number of aromatic nitrogens is 4. The number of thioether (sulfide) groups is 1. The van der Waals surface area contributed by atoms with Crippen molar-refractivity contribution < 1.29 is 9.53 Å². The van der Waals surface area contributed by atoms with Crippen LogP contribution >= 0.6 is 11.8 Å². The summed E-state index contributed by atoms with van der Waals surface area (Å²) in [5, 5.41) is 12.5. The van der Waals surface area contributed by atoms with E-state index in [1.807, 2.05) is 80.3 Å². The van der Waals surface area contributed by atoms with Crippen LogP contribution in [0.3, 0.4) is 0 Å². The first-order valence-electron chi connectivity index (χ1n) is 9.57. The Balaban J connectivity index is 1.72. The summed E-state index contributed by atoms with van der Waals surface area (Å²) in [5.41, 5.74) is 1.86. The van der Waals surface area contributed by atoms with Crippen molar-refractivity contribution in [1.29, 1.82) is 0 Å². The van der Waals surface area contributed by atoms with Gasteiger partial charge >= 0.3 is 0 Å². The lowest BCUT2D eigenvalue weighted by Crippen LogP contribution is -2.37. The molecule has 0 saturated heterocycles. The minimum Gasteiger partial charge on any atom is -0.492 e. The Kier molecular flexibility index (Phi) is 7.24. The normalized spacial score (nSPS) is 10.9. The van der Waals surface area contributed by atoms with Gasteiger partial charge in [0.05, 0.1) is 12.4 Å². The van der Waals surface area contributed by atoms with Crippen LogP contribution in [0.15, 0.2) is 59.8 Å². The number of nitrogens with zero attached hydrogens (tertiary/aromatic N) is 5. The molecule has 8 heteroatoms. The number of hydrogen-bond donors (Lipinski definition) is 0. The molecule has 1 heterocycles. The maximum absolute atomic E-state index is 12.9. The van der Waals surface area contributed by atoms with Gasteiger partial charge in [-0.15, -0.1) is 5.10 Å². The van der Waals surface area contributed by atoms with E-state index >= 15 is 0 Å². The summed E-state index contributed by atoms with van der Waals surface area (Å²) in [6.45, 7) is 7.10. The molecule has 1 amide bonds. The Morgan fingerprint density at radius 1 is 1.14 bits per heavy atom. The molecule has 0 aliphatic heterocycles. The zero-order valence-electron chi connectivity index (χ0n) is 16.9. The summed E-state index contributed by atoms with van der Waals surface area (Å²) in [6, 6.07) is 17.7. The van der Waals surface area contributed by atoms with Crippen LogP contribution in [-0.4, -0.2) is 49.4 Å². The van der Waals surface area contributed by atoms with Gasteiger partial charge in [0.25, 0.3) is 0 Å². The van der Waals surface area contributed by atoms with E-state index in [9.17, 15) is 4.79 Å². The highest BCUT2D eigenvalue weighted by Gasteiger charge is 2.20. The van der Waals surface area contributed by atoms with Gasteiger partial charge in [0.2, 0.25) is 11.1 Å². The Morgan fingerprint density at radius 2 is 1.86 bits per heavy atom. The van der Waals surface area contributed by atoms with Crippen molar-refractivity contribution in [1.82, 2.24) is 25.1 Å². The molecule has 0 N–H and O–H groups in total. The third-order valence-corrected chi connectivity index (χ3v) is 5.20. The predicted molar refractivity (Wildman–Crippen MR) is 113 cm³/mol.